The van der Waals surface area contributed by atoms with E-state index in [1.807, 2.05) is 19.9 Å². The van der Waals surface area contributed by atoms with Crippen LogP contribution in [0.5, 0.6) is 5.75 Å². The zero-order valence-electron chi connectivity index (χ0n) is 12.2. The summed E-state index contributed by atoms with van der Waals surface area (Å²) in [6.07, 6.45) is 2.46. The fourth-order valence-electron chi connectivity index (χ4n) is 1.88. The van der Waals surface area contributed by atoms with Crippen molar-refractivity contribution < 1.29 is 4.74 Å². The highest BCUT2D eigenvalue weighted by molar-refractivity contribution is 5.33. The van der Waals surface area contributed by atoms with Crippen LogP contribution in [0, 0.1) is 0 Å². The summed E-state index contributed by atoms with van der Waals surface area (Å²) < 4.78 is 5.74. The summed E-state index contributed by atoms with van der Waals surface area (Å²) in [5, 5.41) is 3.48. The lowest BCUT2D eigenvalue weighted by molar-refractivity contribution is 0.242. The van der Waals surface area contributed by atoms with Crippen LogP contribution >= 0.6 is 0 Å². The monoisotopic (exact) mass is 247 g/mol. The first kappa shape index (κ1) is 14.8. The van der Waals surface area contributed by atoms with Gasteiger partial charge in [-0.1, -0.05) is 30.7 Å². The number of rotatable bonds is 6. The normalized spacial score (nSPS) is 12.3. The van der Waals surface area contributed by atoms with Crippen LogP contribution in [0.3, 0.4) is 0 Å². The molecule has 0 spiro atoms. The molecule has 1 N–H and O–H groups in total. The molecule has 0 aliphatic rings. The second-order valence-electron chi connectivity index (χ2n) is 5.02. The second kappa shape index (κ2) is 7.22. The van der Waals surface area contributed by atoms with Gasteiger partial charge in [0.15, 0.2) is 0 Å². The topological polar surface area (TPSA) is 21.3 Å². The predicted molar refractivity (Wildman–Crippen MR) is 78.1 cm³/mol. The van der Waals surface area contributed by atoms with Crippen LogP contribution in [-0.2, 0) is 0 Å². The Morgan fingerprint density at radius 3 is 2.61 bits per heavy atom. The molecule has 0 aliphatic heterocycles. The average Bonchev–Trinajstić information content (AvgIpc) is 2.27. The van der Waals surface area contributed by atoms with E-state index in [-0.39, 0.29) is 12.1 Å². The number of allylic oxidation sites excluding steroid dienone is 1. The zero-order valence-corrected chi connectivity index (χ0v) is 12.2. The summed E-state index contributed by atoms with van der Waals surface area (Å²) in [5.74, 6) is 0.938. The van der Waals surface area contributed by atoms with Crippen LogP contribution in [-0.4, -0.2) is 12.6 Å². The van der Waals surface area contributed by atoms with Gasteiger partial charge < -0.3 is 10.1 Å². The van der Waals surface area contributed by atoms with Gasteiger partial charge in [0.2, 0.25) is 0 Å². The number of likely N-dealkylation sites (N-methyl/N-ethyl adjacent to an activating group) is 1. The zero-order chi connectivity index (χ0) is 13.5. The molecule has 0 aromatic heterocycles. The molecule has 1 rings (SSSR count). The smallest absolute Gasteiger partial charge is 0.120 e. The van der Waals surface area contributed by atoms with E-state index in [1.54, 1.807) is 0 Å². The quantitative estimate of drug-likeness (QED) is 0.764. The highest BCUT2D eigenvalue weighted by atomic mass is 16.5. The molecule has 0 heterocycles. The van der Waals surface area contributed by atoms with E-state index in [0.717, 1.165) is 12.3 Å². The van der Waals surface area contributed by atoms with Crippen molar-refractivity contribution in [3.63, 3.8) is 0 Å². The van der Waals surface area contributed by atoms with E-state index in [2.05, 4.69) is 50.4 Å². The van der Waals surface area contributed by atoms with Crippen molar-refractivity contribution in [2.24, 2.45) is 0 Å². The van der Waals surface area contributed by atoms with Crippen LogP contribution in [0.2, 0.25) is 0 Å². The lowest BCUT2D eigenvalue weighted by Crippen LogP contribution is -2.19. The third kappa shape index (κ3) is 4.92. The molecule has 100 valence electrons. The molecule has 0 bridgehead atoms. The molecule has 2 heteroatoms. The van der Waals surface area contributed by atoms with Crippen LogP contribution in [0.1, 0.15) is 46.2 Å². The molecular formula is C16H25NO. The Morgan fingerprint density at radius 2 is 2.06 bits per heavy atom. The summed E-state index contributed by atoms with van der Waals surface area (Å²) in [6.45, 7) is 11.4. The Kier molecular flexibility index (Phi) is 5.93. The van der Waals surface area contributed by atoms with Gasteiger partial charge in [-0.25, -0.2) is 0 Å². The SMILES string of the molecule is CCNC(C=C(C)C)c1cccc(OC(C)C)c1. The van der Waals surface area contributed by atoms with Gasteiger partial charge in [0, 0.05) is 0 Å². The summed E-state index contributed by atoms with van der Waals surface area (Å²) in [6, 6.07) is 8.58. The van der Waals surface area contributed by atoms with Crippen LogP contribution in [0.15, 0.2) is 35.9 Å². The molecule has 1 aromatic carbocycles. The maximum atomic E-state index is 5.74. The Morgan fingerprint density at radius 1 is 1.33 bits per heavy atom. The fourth-order valence-corrected chi connectivity index (χ4v) is 1.88. The van der Waals surface area contributed by atoms with Crippen LogP contribution in [0.4, 0.5) is 0 Å². The Bertz CT molecular complexity index is 392. The first-order chi connectivity index (χ1) is 8.52. The minimum atomic E-state index is 0.210. The predicted octanol–water partition coefficient (Wildman–Crippen LogP) is 4.09. The molecule has 18 heavy (non-hydrogen) atoms. The van der Waals surface area contributed by atoms with E-state index in [9.17, 15) is 0 Å². The minimum Gasteiger partial charge on any atom is -0.491 e. The van der Waals surface area contributed by atoms with E-state index < -0.39 is 0 Å². The van der Waals surface area contributed by atoms with Gasteiger partial charge in [-0.3, -0.25) is 0 Å². The average molecular weight is 247 g/mol. The number of nitrogens with one attached hydrogen (secondary N) is 1. The number of hydrogen-bond donors (Lipinski definition) is 1. The summed E-state index contributed by atoms with van der Waals surface area (Å²) in [4.78, 5) is 0. The molecule has 0 fully saturated rings. The Balaban J connectivity index is 2.94. The summed E-state index contributed by atoms with van der Waals surface area (Å²) >= 11 is 0. The number of ether oxygens (including phenoxy) is 1. The molecule has 0 saturated heterocycles. The van der Waals surface area contributed by atoms with Crippen molar-refractivity contribution in [3.05, 3.63) is 41.5 Å². The van der Waals surface area contributed by atoms with Gasteiger partial charge in [0.25, 0.3) is 0 Å². The Hall–Kier alpha value is -1.28. The summed E-state index contributed by atoms with van der Waals surface area (Å²) in [7, 11) is 0. The number of hydrogen-bond acceptors (Lipinski definition) is 2. The molecule has 0 amide bonds. The van der Waals surface area contributed by atoms with Gasteiger partial charge in [0.05, 0.1) is 12.1 Å². The number of benzene rings is 1. The Labute approximate surface area is 111 Å². The maximum absolute atomic E-state index is 5.74. The first-order valence-electron chi connectivity index (χ1n) is 6.68. The highest BCUT2D eigenvalue weighted by Crippen LogP contribution is 2.22. The molecule has 0 aliphatic carbocycles. The first-order valence-corrected chi connectivity index (χ1v) is 6.68. The fraction of sp³-hybridized carbons (Fsp3) is 0.500. The van der Waals surface area contributed by atoms with E-state index in [1.165, 1.54) is 11.1 Å². The van der Waals surface area contributed by atoms with Crippen molar-refractivity contribution in [1.82, 2.24) is 5.32 Å². The van der Waals surface area contributed by atoms with Crippen molar-refractivity contribution in [3.8, 4) is 5.75 Å². The van der Waals surface area contributed by atoms with Gasteiger partial charge in [0.1, 0.15) is 5.75 Å². The molecule has 1 unspecified atom stereocenters. The molecule has 1 aromatic rings. The van der Waals surface area contributed by atoms with Crippen molar-refractivity contribution in [2.45, 2.75) is 46.8 Å². The largest absolute Gasteiger partial charge is 0.491 e. The van der Waals surface area contributed by atoms with Gasteiger partial charge in [-0.15, -0.1) is 0 Å². The van der Waals surface area contributed by atoms with Gasteiger partial charge in [-0.05, 0) is 51.9 Å². The van der Waals surface area contributed by atoms with E-state index >= 15 is 0 Å². The van der Waals surface area contributed by atoms with Crippen molar-refractivity contribution in [1.29, 1.82) is 0 Å². The highest BCUT2D eigenvalue weighted by Gasteiger charge is 2.08. The maximum Gasteiger partial charge on any atom is 0.120 e. The third-order valence-corrected chi connectivity index (χ3v) is 2.51. The second-order valence-corrected chi connectivity index (χ2v) is 5.02. The third-order valence-electron chi connectivity index (χ3n) is 2.51. The standard InChI is InChI=1S/C16H25NO/c1-6-17-16(10-12(2)3)14-8-7-9-15(11-14)18-13(4)5/h7-11,13,16-17H,6H2,1-5H3. The molecular weight excluding hydrogens is 222 g/mol. The molecule has 2 nitrogen and oxygen atoms in total. The van der Waals surface area contributed by atoms with Crippen molar-refractivity contribution >= 4 is 0 Å². The summed E-state index contributed by atoms with van der Waals surface area (Å²) in [5.41, 5.74) is 2.56. The van der Waals surface area contributed by atoms with Crippen LogP contribution in [0.25, 0.3) is 0 Å². The van der Waals surface area contributed by atoms with Gasteiger partial charge in [-0.2, -0.15) is 0 Å². The molecule has 0 saturated carbocycles. The molecule has 0 radical (unpaired) electrons. The van der Waals surface area contributed by atoms with E-state index in [0.29, 0.717) is 0 Å². The lowest BCUT2D eigenvalue weighted by atomic mass is 10.0. The van der Waals surface area contributed by atoms with E-state index in [4.69, 9.17) is 4.74 Å². The molecule has 1 atom stereocenters. The van der Waals surface area contributed by atoms with Gasteiger partial charge >= 0.3 is 0 Å². The minimum absolute atomic E-state index is 0.210. The van der Waals surface area contributed by atoms with Crippen LogP contribution < -0.4 is 10.1 Å². The lowest BCUT2D eigenvalue weighted by Gasteiger charge is -2.17. The van der Waals surface area contributed by atoms with Crippen molar-refractivity contribution in [2.75, 3.05) is 6.54 Å².